The third kappa shape index (κ3) is 3.56. The Morgan fingerprint density at radius 3 is 2.53 bits per heavy atom. The average molecular weight is 324 g/mol. The molecule has 2 aliphatic rings. The second-order valence-corrected chi connectivity index (χ2v) is 6.68. The van der Waals surface area contributed by atoms with Crippen molar-refractivity contribution in [2.75, 3.05) is 26.2 Å². The molecule has 1 aromatic heterocycles. The van der Waals surface area contributed by atoms with Gasteiger partial charge in [0.25, 0.3) is 0 Å². The summed E-state index contributed by atoms with van der Waals surface area (Å²) in [4.78, 5) is 9.51. The van der Waals surface area contributed by atoms with Crippen LogP contribution in [0.3, 0.4) is 0 Å². The second kappa shape index (κ2) is 6.33. The van der Waals surface area contributed by atoms with Crippen LogP contribution in [-0.2, 0) is 6.54 Å². The summed E-state index contributed by atoms with van der Waals surface area (Å²) in [6.45, 7) is 5.91. The maximum absolute atomic E-state index is 4.24. The van der Waals surface area contributed by atoms with E-state index in [9.17, 15) is 0 Å². The summed E-state index contributed by atoms with van der Waals surface area (Å²) in [5.41, 5.74) is 1.31. The zero-order chi connectivity index (χ0) is 13.1. The van der Waals surface area contributed by atoms with Crippen molar-refractivity contribution in [3.63, 3.8) is 0 Å². The first kappa shape index (κ1) is 13.5. The van der Waals surface area contributed by atoms with Crippen molar-refractivity contribution in [1.82, 2.24) is 14.8 Å². The molecule has 1 saturated heterocycles. The molecule has 0 atom stereocenters. The summed E-state index contributed by atoms with van der Waals surface area (Å²) in [6.07, 6.45) is 9.56. The standard InChI is InChI=1S/C15H22BrN3/c16-14-9-13(10-17-11-14)12-18-5-7-19(8-6-18)15-3-1-2-4-15/h9-11,15H,1-8,12H2. The lowest BCUT2D eigenvalue weighted by atomic mass is 10.1. The van der Waals surface area contributed by atoms with E-state index < -0.39 is 0 Å². The molecule has 0 radical (unpaired) electrons. The first-order valence-electron chi connectivity index (χ1n) is 7.37. The Hall–Kier alpha value is -0.450. The van der Waals surface area contributed by atoms with E-state index in [1.54, 1.807) is 0 Å². The first-order chi connectivity index (χ1) is 9.31. The molecule has 2 heterocycles. The Balaban J connectivity index is 1.50. The molecule has 4 heteroatoms. The summed E-state index contributed by atoms with van der Waals surface area (Å²) >= 11 is 3.49. The van der Waals surface area contributed by atoms with Gasteiger partial charge in [0.1, 0.15) is 0 Å². The van der Waals surface area contributed by atoms with Gasteiger partial charge in [-0.05, 0) is 40.4 Å². The van der Waals surface area contributed by atoms with Crippen LogP contribution < -0.4 is 0 Å². The minimum atomic E-state index is 0.884. The normalized spacial score (nSPS) is 23.0. The first-order valence-corrected chi connectivity index (χ1v) is 8.16. The number of halogens is 1. The lowest BCUT2D eigenvalue weighted by molar-refractivity contribution is 0.0936. The summed E-state index contributed by atoms with van der Waals surface area (Å²) in [7, 11) is 0. The van der Waals surface area contributed by atoms with Gasteiger partial charge in [0.2, 0.25) is 0 Å². The fourth-order valence-electron chi connectivity index (χ4n) is 3.36. The van der Waals surface area contributed by atoms with Gasteiger partial charge in [-0.3, -0.25) is 14.8 Å². The maximum Gasteiger partial charge on any atom is 0.0410 e. The van der Waals surface area contributed by atoms with Crippen LogP contribution in [0.25, 0.3) is 0 Å². The average Bonchev–Trinajstić information content (AvgIpc) is 2.94. The van der Waals surface area contributed by atoms with Gasteiger partial charge in [-0.15, -0.1) is 0 Å². The number of hydrogen-bond donors (Lipinski definition) is 0. The van der Waals surface area contributed by atoms with Crippen LogP contribution in [0.15, 0.2) is 22.9 Å². The number of nitrogens with zero attached hydrogens (tertiary/aromatic N) is 3. The van der Waals surface area contributed by atoms with Crippen molar-refractivity contribution in [3.05, 3.63) is 28.5 Å². The number of aromatic nitrogens is 1. The summed E-state index contributed by atoms with van der Waals surface area (Å²) in [6, 6.07) is 3.06. The summed E-state index contributed by atoms with van der Waals surface area (Å²) < 4.78 is 1.08. The highest BCUT2D eigenvalue weighted by Gasteiger charge is 2.25. The number of piperazine rings is 1. The van der Waals surface area contributed by atoms with Gasteiger partial charge in [0, 0.05) is 55.6 Å². The van der Waals surface area contributed by atoms with Crippen LogP contribution in [0.4, 0.5) is 0 Å². The molecule has 104 valence electrons. The highest BCUT2D eigenvalue weighted by molar-refractivity contribution is 9.10. The Morgan fingerprint density at radius 1 is 1.11 bits per heavy atom. The number of pyridine rings is 1. The van der Waals surface area contributed by atoms with E-state index in [1.807, 2.05) is 12.4 Å². The van der Waals surface area contributed by atoms with Crippen LogP contribution in [0.5, 0.6) is 0 Å². The largest absolute Gasteiger partial charge is 0.298 e. The monoisotopic (exact) mass is 323 g/mol. The van der Waals surface area contributed by atoms with Crippen molar-refractivity contribution in [2.24, 2.45) is 0 Å². The number of hydrogen-bond acceptors (Lipinski definition) is 3. The maximum atomic E-state index is 4.24. The van der Waals surface area contributed by atoms with E-state index in [2.05, 4.69) is 36.8 Å². The molecule has 1 aliphatic heterocycles. The SMILES string of the molecule is Brc1cncc(CN2CCN(C3CCCC3)CC2)c1. The van der Waals surface area contributed by atoms with Crippen molar-refractivity contribution < 1.29 is 0 Å². The van der Waals surface area contributed by atoms with Crippen LogP contribution in [0, 0.1) is 0 Å². The van der Waals surface area contributed by atoms with Crippen LogP contribution >= 0.6 is 15.9 Å². The molecular weight excluding hydrogens is 302 g/mol. The molecule has 0 aromatic carbocycles. The van der Waals surface area contributed by atoms with Gasteiger partial charge in [-0.25, -0.2) is 0 Å². The Kier molecular flexibility index (Phi) is 4.51. The summed E-state index contributed by atoms with van der Waals surface area (Å²) in [5.74, 6) is 0. The van der Waals surface area contributed by atoms with Crippen molar-refractivity contribution in [3.8, 4) is 0 Å². The van der Waals surface area contributed by atoms with Crippen molar-refractivity contribution >= 4 is 15.9 Å². The molecule has 0 bridgehead atoms. The minimum absolute atomic E-state index is 0.884. The van der Waals surface area contributed by atoms with Gasteiger partial charge in [-0.1, -0.05) is 12.8 Å². The molecule has 0 unspecified atom stereocenters. The van der Waals surface area contributed by atoms with Crippen LogP contribution in [-0.4, -0.2) is 47.0 Å². The topological polar surface area (TPSA) is 19.4 Å². The molecule has 1 aromatic rings. The zero-order valence-corrected chi connectivity index (χ0v) is 13.0. The van der Waals surface area contributed by atoms with Gasteiger partial charge < -0.3 is 0 Å². The fraction of sp³-hybridized carbons (Fsp3) is 0.667. The van der Waals surface area contributed by atoms with E-state index in [0.717, 1.165) is 17.1 Å². The minimum Gasteiger partial charge on any atom is -0.298 e. The molecule has 0 spiro atoms. The van der Waals surface area contributed by atoms with Crippen LogP contribution in [0.1, 0.15) is 31.2 Å². The molecule has 0 N–H and O–H groups in total. The summed E-state index contributed by atoms with van der Waals surface area (Å²) in [5, 5.41) is 0. The quantitative estimate of drug-likeness (QED) is 0.852. The molecular formula is C15H22BrN3. The van der Waals surface area contributed by atoms with Gasteiger partial charge in [0.05, 0.1) is 0 Å². The third-order valence-corrected chi connectivity index (χ3v) is 4.85. The van der Waals surface area contributed by atoms with Crippen molar-refractivity contribution in [2.45, 2.75) is 38.3 Å². The Labute approximate surface area is 124 Å². The Bertz CT molecular complexity index is 410. The molecule has 0 amide bonds. The molecule has 19 heavy (non-hydrogen) atoms. The van der Waals surface area contributed by atoms with E-state index in [4.69, 9.17) is 0 Å². The van der Waals surface area contributed by atoms with E-state index in [-0.39, 0.29) is 0 Å². The van der Waals surface area contributed by atoms with E-state index >= 15 is 0 Å². The second-order valence-electron chi connectivity index (χ2n) is 5.76. The fourth-order valence-corrected chi connectivity index (χ4v) is 3.77. The predicted octanol–water partition coefficient (Wildman–Crippen LogP) is 2.90. The lowest BCUT2D eigenvalue weighted by Crippen LogP contribution is -2.49. The Morgan fingerprint density at radius 2 is 1.84 bits per heavy atom. The highest BCUT2D eigenvalue weighted by Crippen LogP contribution is 2.24. The molecule has 2 fully saturated rings. The van der Waals surface area contributed by atoms with E-state index in [0.29, 0.717) is 0 Å². The smallest absolute Gasteiger partial charge is 0.0410 e. The zero-order valence-electron chi connectivity index (χ0n) is 11.4. The molecule has 3 rings (SSSR count). The third-order valence-electron chi connectivity index (χ3n) is 4.42. The van der Waals surface area contributed by atoms with Crippen LogP contribution in [0.2, 0.25) is 0 Å². The molecule has 1 aliphatic carbocycles. The van der Waals surface area contributed by atoms with E-state index in [1.165, 1.54) is 57.4 Å². The molecule has 1 saturated carbocycles. The highest BCUT2D eigenvalue weighted by atomic mass is 79.9. The number of rotatable bonds is 3. The molecule has 3 nitrogen and oxygen atoms in total. The van der Waals surface area contributed by atoms with Gasteiger partial charge >= 0.3 is 0 Å². The van der Waals surface area contributed by atoms with Gasteiger partial charge in [0.15, 0.2) is 0 Å². The predicted molar refractivity (Wildman–Crippen MR) is 81.0 cm³/mol. The lowest BCUT2D eigenvalue weighted by Gasteiger charge is -2.38. The van der Waals surface area contributed by atoms with Crippen molar-refractivity contribution in [1.29, 1.82) is 0 Å². The van der Waals surface area contributed by atoms with Gasteiger partial charge in [-0.2, -0.15) is 0 Å².